The lowest BCUT2D eigenvalue weighted by molar-refractivity contribution is -0.164. The van der Waals surface area contributed by atoms with Gasteiger partial charge in [-0.25, -0.2) is 0 Å². The summed E-state index contributed by atoms with van der Waals surface area (Å²) in [5.41, 5.74) is 0.301. The molecule has 0 N–H and O–H groups in total. The molecule has 148 valence electrons. The summed E-state index contributed by atoms with van der Waals surface area (Å²) in [4.78, 5) is 29.7. The zero-order valence-corrected chi connectivity index (χ0v) is 16.8. The predicted octanol–water partition coefficient (Wildman–Crippen LogP) is 3.34. The number of carbonyl (C=O) groups is 2. The van der Waals surface area contributed by atoms with Gasteiger partial charge in [0.05, 0.1) is 5.92 Å². The molecule has 2 aliphatic rings. The van der Waals surface area contributed by atoms with Gasteiger partial charge in [-0.3, -0.25) is 14.5 Å². The third-order valence-corrected chi connectivity index (χ3v) is 5.53. The summed E-state index contributed by atoms with van der Waals surface area (Å²) in [6.45, 7) is 8.85. The average Bonchev–Trinajstić information content (AvgIpc) is 2.67. The zero-order chi connectivity index (χ0) is 19.4. The van der Waals surface area contributed by atoms with E-state index in [4.69, 9.17) is 4.74 Å². The van der Waals surface area contributed by atoms with Gasteiger partial charge in [-0.2, -0.15) is 0 Å². The van der Waals surface area contributed by atoms with E-state index in [2.05, 4.69) is 4.90 Å². The van der Waals surface area contributed by atoms with Crippen molar-refractivity contribution in [3.8, 4) is 0 Å². The van der Waals surface area contributed by atoms with Crippen molar-refractivity contribution in [2.45, 2.75) is 58.1 Å². The molecule has 1 aromatic rings. The Morgan fingerprint density at radius 1 is 0.963 bits per heavy atom. The first-order chi connectivity index (χ1) is 12.8. The predicted molar refractivity (Wildman–Crippen MR) is 106 cm³/mol. The van der Waals surface area contributed by atoms with Crippen molar-refractivity contribution in [3.05, 3.63) is 35.9 Å². The molecule has 0 bridgehead atoms. The third kappa shape index (κ3) is 5.10. The molecule has 1 aromatic carbocycles. The molecule has 27 heavy (non-hydrogen) atoms. The summed E-state index contributed by atoms with van der Waals surface area (Å²) in [7, 11) is 0. The van der Waals surface area contributed by atoms with Crippen molar-refractivity contribution in [1.29, 1.82) is 0 Å². The highest BCUT2D eigenvalue weighted by Gasteiger charge is 2.38. The van der Waals surface area contributed by atoms with Gasteiger partial charge in [0.2, 0.25) is 0 Å². The van der Waals surface area contributed by atoms with Crippen LogP contribution in [-0.4, -0.2) is 59.5 Å². The quantitative estimate of drug-likeness (QED) is 0.764. The number of esters is 1. The molecule has 5 nitrogen and oxygen atoms in total. The van der Waals surface area contributed by atoms with Crippen LogP contribution in [0.15, 0.2) is 30.3 Å². The molecule has 2 atom stereocenters. The minimum Gasteiger partial charge on any atom is -0.460 e. The Bertz CT molecular complexity index is 645. The van der Waals surface area contributed by atoms with Gasteiger partial charge in [0.15, 0.2) is 0 Å². The highest BCUT2D eigenvalue weighted by Crippen LogP contribution is 2.31. The van der Waals surface area contributed by atoms with E-state index in [0.717, 1.165) is 44.3 Å². The number of ether oxygens (including phenoxy) is 1. The van der Waals surface area contributed by atoms with Gasteiger partial charge in [0, 0.05) is 37.8 Å². The monoisotopic (exact) mass is 372 g/mol. The second-order valence-electron chi connectivity index (χ2n) is 8.69. The molecule has 5 heteroatoms. The maximum Gasteiger partial charge on any atom is 0.311 e. The lowest BCUT2D eigenvalue weighted by Gasteiger charge is -2.43. The van der Waals surface area contributed by atoms with E-state index in [9.17, 15) is 9.59 Å². The first kappa shape index (κ1) is 19.9. The van der Waals surface area contributed by atoms with Crippen LogP contribution in [0.5, 0.6) is 0 Å². The van der Waals surface area contributed by atoms with Crippen molar-refractivity contribution in [3.63, 3.8) is 0 Å². The summed E-state index contributed by atoms with van der Waals surface area (Å²) in [5, 5.41) is 0. The lowest BCUT2D eigenvalue weighted by Crippen LogP contribution is -2.55. The number of nitrogens with zero attached hydrogens (tertiary/aromatic N) is 2. The van der Waals surface area contributed by atoms with Crippen LogP contribution in [-0.2, 0) is 9.53 Å². The fraction of sp³-hybridized carbons (Fsp3) is 0.636. The van der Waals surface area contributed by atoms with Gasteiger partial charge < -0.3 is 9.64 Å². The van der Waals surface area contributed by atoms with E-state index in [-0.39, 0.29) is 23.8 Å². The number of benzene rings is 1. The largest absolute Gasteiger partial charge is 0.460 e. The molecular weight excluding hydrogens is 340 g/mol. The number of rotatable bonds is 3. The number of hydrogen-bond acceptors (Lipinski definition) is 4. The maximum atomic E-state index is 12.7. The van der Waals surface area contributed by atoms with Gasteiger partial charge in [-0.1, -0.05) is 31.0 Å². The van der Waals surface area contributed by atoms with Crippen LogP contribution in [0.2, 0.25) is 0 Å². The van der Waals surface area contributed by atoms with Crippen molar-refractivity contribution in [1.82, 2.24) is 9.80 Å². The van der Waals surface area contributed by atoms with E-state index >= 15 is 0 Å². The lowest BCUT2D eigenvalue weighted by atomic mass is 9.83. The molecule has 1 saturated carbocycles. The van der Waals surface area contributed by atoms with Crippen LogP contribution in [0.4, 0.5) is 0 Å². The molecule has 1 heterocycles. The third-order valence-electron chi connectivity index (χ3n) is 5.53. The fourth-order valence-electron chi connectivity index (χ4n) is 4.22. The topological polar surface area (TPSA) is 49.9 Å². The first-order valence-corrected chi connectivity index (χ1v) is 10.2. The molecule has 1 unspecified atom stereocenters. The molecular formula is C22H32N2O3. The normalized spacial score (nSPS) is 24.5. The van der Waals surface area contributed by atoms with Crippen LogP contribution in [0.3, 0.4) is 0 Å². The Kier molecular flexibility index (Phi) is 6.20. The van der Waals surface area contributed by atoms with Crippen LogP contribution in [0.1, 0.15) is 56.8 Å². The molecule has 1 amide bonds. The minimum absolute atomic E-state index is 0.0469. The average molecular weight is 373 g/mol. The van der Waals surface area contributed by atoms with Gasteiger partial charge in [0.25, 0.3) is 5.91 Å². The van der Waals surface area contributed by atoms with Crippen LogP contribution >= 0.6 is 0 Å². The molecule has 3 rings (SSSR count). The molecule has 1 saturated heterocycles. The smallest absolute Gasteiger partial charge is 0.311 e. The number of amides is 1. The fourth-order valence-corrected chi connectivity index (χ4v) is 4.22. The first-order valence-electron chi connectivity index (χ1n) is 10.2. The van der Waals surface area contributed by atoms with Gasteiger partial charge in [0.1, 0.15) is 5.60 Å². The van der Waals surface area contributed by atoms with Crippen LogP contribution < -0.4 is 0 Å². The van der Waals surface area contributed by atoms with E-state index < -0.39 is 5.60 Å². The molecule has 1 aliphatic carbocycles. The Morgan fingerprint density at radius 2 is 1.59 bits per heavy atom. The SMILES string of the molecule is CC(C)(C)OC(=O)C1CCCC[C@H]1N1CCN(C(=O)c2ccccc2)CC1. The molecule has 0 radical (unpaired) electrons. The highest BCUT2D eigenvalue weighted by atomic mass is 16.6. The molecule has 1 aliphatic heterocycles. The van der Waals surface area contributed by atoms with Crippen molar-refractivity contribution in [2.75, 3.05) is 26.2 Å². The Balaban J connectivity index is 1.60. The Labute approximate surface area is 162 Å². The van der Waals surface area contributed by atoms with E-state index in [1.54, 1.807) is 0 Å². The highest BCUT2D eigenvalue weighted by molar-refractivity contribution is 5.94. The molecule has 0 spiro atoms. The van der Waals surface area contributed by atoms with E-state index in [1.165, 1.54) is 0 Å². The summed E-state index contributed by atoms with van der Waals surface area (Å²) in [6.07, 6.45) is 4.19. The van der Waals surface area contributed by atoms with E-state index in [0.29, 0.717) is 13.1 Å². The number of piperazine rings is 1. The minimum atomic E-state index is -0.445. The van der Waals surface area contributed by atoms with Crippen molar-refractivity contribution in [2.24, 2.45) is 5.92 Å². The molecule has 2 fully saturated rings. The van der Waals surface area contributed by atoms with Crippen molar-refractivity contribution >= 4 is 11.9 Å². The summed E-state index contributed by atoms with van der Waals surface area (Å²) in [5.74, 6) is -0.00747. The van der Waals surface area contributed by atoms with Crippen molar-refractivity contribution < 1.29 is 14.3 Å². The second kappa shape index (κ2) is 8.42. The summed E-state index contributed by atoms with van der Waals surface area (Å²) >= 11 is 0. The van der Waals surface area contributed by atoms with E-state index in [1.807, 2.05) is 56.0 Å². The van der Waals surface area contributed by atoms with Gasteiger partial charge in [-0.05, 0) is 45.7 Å². The summed E-state index contributed by atoms with van der Waals surface area (Å²) in [6, 6.07) is 9.70. The standard InChI is InChI=1S/C22H32N2O3/c1-22(2,3)27-21(26)18-11-7-8-12-19(18)23-13-15-24(16-14-23)20(25)17-9-5-4-6-10-17/h4-6,9-10,18-19H,7-8,11-16H2,1-3H3/t18?,19-/m1/s1. The van der Waals surface area contributed by atoms with Crippen LogP contribution in [0, 0.1) is 5.92 Å². The zero-order valence-electron chi connectivity index (χ0n) is 16.8. The Hall–Kier alpha value is -1.88. The summed E-state index contributed by atoms with van der Waals surface area (Å²) < 4.78 is 5.69. The molecule has 0 aromatic heterocycles. The van der Waals surface area contributed by atoms with Crippen LogP contribution in [0.25, 0.3) is 0 Å². The van der Waals surface area contributed by atoms with Gasteiger partial charge in [-0.15, -0.1) is 0 Å². The maximum absolute atomic E-state index is 12.7. The number of carbonyl (C=O) groups excluding carboxylic acids is 2. The Morgan fingerprint density at radius 3 is 2.22 bits per heavy atom. The van der Waals surface area contributed by atoms with Gasteiger partial charge >= 0.3 is 5.97 Å². The second-order valence-corrected chi connectivity index (χ2v) is 8.69. The number of hydrogen-bond donors (Lipinski definition) is 0.